The fourth-order valence-corrected chi connectivity index (χ4v) is 3.75. The molecule has 7 nitrogen and oxygen atoms in total. The van der Waals surface area contributed by atoms with E-state index >= 15 is 0 Å². The molecule has 0 fully saturated rings. The first-order chi connectivity index (χ1) is 16.0. The molecule has 11 heteroatoms. The molecule has 4 rings (SSSR count). The van der Waals surface area contributed by atoms with E-state index in [9.17, 15) is 27.5 Å². The van der Waals surface area contributed by atoms with Gasteiger partial charge < -0.3 is 16.2 Å². The molecule has 0 aliphatic carbocycles. The number of carbonyl (C=O) groups excluding carboxylic acids is 1. The van der Waals surface area contributed by atoms with Gasteiger partial charge in [0, 0.05) is 11.3 Å². The van der Waals surface area contributed by atoms with Gasteiger partial charge in [-0.25, -0.2) is 14.4 Å². The number of fused-ring (bicyclic) bond motifs is 1. The molecule has 0 saturated heterocycles. The largest absolute Gasteiger partial charge is 0.433 e. The molecule has 2 heterocycles. The number of nitrogens with two attached hydrogens (primary N) is 1. The van der Waals surface area contributed by atoms with Gasteiger partial charge in [0.1, 0.15) is 34.4 Å². The summed E-state index contributed by atoms with van der Waals surface area (Å²) in [6.07, 6.45) is -5.59. The van der Waals surface area contributed by atoms with Crippen LogP contribution >= 0.6 is 0 Å². The number of alkyl halides is 3. The molecule has 1 amide bonds. The molecule has 0 unspecified atom stereocenters. The highest BCUT2D eigenvalue weighted by Gasteiger charge is 2.36. The van der Waals surface area contributed by atoms with Crippen molar-refractivity contribution in [2.24, 2.45) is 0 Å². The number of nitrogen functional groups attached to an aromatic ring is 1. The number of halogens is 4. The number of amides is 1. The number of aryl methyl sites for hydroxylation is 2. The molecule has 1 atom stereocenters. The predicted molar refractivity (Wildman–Crippen MR) is 117 cm³/mol. The molecule has 4 aromatic rings. The van der Waals surface area contributed by atoms with Gasteiger partial charge in [-0.3, -0.25) is 9.20 Å². The van der Waals surface area contributed by atoms with Crippen LogP contribution in [0.15, 0.2) is 48.7 Å². The van der Waals surface area contributed by atoms with E-state index in [4.69, 9.17) is 5.73 Å². The first-order valence-corrected chi connectivity index (χ1v) is 10.0. The lowest BCUT2D eigenvalue weighted by Crippen LogP contribution is -2.21. The van der Waals surface area contributed by atoms with Crippen molar-refractivity contribution in [3.05, 3.63) is 77.1 Å². The zero-order chi connectivity index (χ0) is 24.8. The van der Waals surface area contributed by atoms with Gasteiger partial charge in [0.05, 0.1) is 6.20 Å². The summed E-state index contributed by atoms with van der Waals surface area (Å²) in [7, 11) is 0. The summed E-state index contributed by atoms with van der Waals surface area (Å²) in [5.74, 6) is -1.39. The van der Waals surface area contributed by atoms with Gasteiger partial charge in [0.25, 0.3) is 5.91 Å². The van der Waals surface area contributed by atoms with Gasteiger partial charge >= 0.3 is 6.18 Å². The van der Waals surface area contributed by atoms with Crippen LogP contribution in [-0.4, -0.2) is 25.4 Å². The number of carbonyl (C=O) groups is 1. The van der Waals surface area contributed by atoms with E-state index < -0.39 is 29.7 Å². The third kappa shape index (κ3) is 4.17. The maximum Gasteiger partial charge on any atom is 0.433 e. The quantitative estimate of drug-likeness (QED) is 0.381. The predicted octanol–water partition coefficient (Wildman–Crippen LogP) is 4.43. The van der Waals surface area contributed by atoms with Crippen LogP contribution < -0.4 is 11.1 Å². The summed E-state index contributed by atoms with van der Waals surface area (Å²) < 4.78 is 54.8. The van der Waals surface area contributed by atoms with E-state index in [1.54, 1.807) is 19.1 Å². The summed E-state index contributed by atoms with van der Waals surface area (Å²) in [5, 5.41) is 12.8. The van der Waals surface area contributed by atoms with E-state index in [0.717, 1.165) is 10.5 Å². The van der Waals surface area contributed by atoms with Crippen molar-refractivity contribution < 1.29 is 27.5 Å². The molecule has 0 radical (unpaired) electrons. The summed E-state index contributed by atoms with van der Waals surface area (Å²) in [6, 6.07) is 9.69. The Morgan fingerprint density at radius 1 is 1.18 bits per heavy atom. The second-order valence-corrected chi connectivity index (χ2v) is 7.69. The highest BCUT2D eigenvalue weighted by atomic mass is 19.4. The van der Waals surface area contributed by atoms with Crippen molar-refractivity contribution in [3.8, 4) is 11.3 Å². The molecule has 0 spiro atoms. The van der Waals surface area contributed by atoms with Crippen LogP contribution in [-0.2, 0) is 11.0 Å². The lowest BCUT2D eigenvalue weighted by atomic mass is 10.0. The van der Waals surface area contributed by atoms with E-state index in [-0.39, 0.29) is 28.4 Å². The first kappa shape index (κ1) is 23.2. The molecular formula is C23H19F4N5O2. The topological polar surface area (TPSA) is 106 Å². The third-order valence-electron chi connectivity index (χ3n) is 5.31. The Hall–Kier alpha value is -3.99. The first-order valence-electron chi connectivity index (χ1n) is 10.0. The number of imidazole rings is 1. The molecule has 0 aliphatic rings. The monoisotopic (exact) mass is 473 g/mol. The van der Waals surface area contributed by atoms with E-state index in [0.29, 0.717) is 23.0 Å². The second-order valence-electron chi connectivity index (χ2n) is 7.69. The van der Waals surface area contributed by atoms with Gasteiger partial charge in [0.2, 0.25) is 0 Å². The number of nitrogens with one attached hydrogen (secondary N) is 1. The zero-order valence-corrected chi connectivity index (χ0v) is 18.0. The fraction of sp³-hybridized carbons (Fsp3) is 0.174. The van der Waals surface area contributed by atoms with Crippen LogP contribution in [0, 0.1) is 19.7 Å². The van der Waals surface area contributed by atoms with Crippen LogP contribution in [0.2, 0.25) is 0 Å². The summed E-state index contributed by atoms with van der Waals surface area (Å²) in [4.78, 5) is 20.4. The minimum Gasteiger partial charge on any atom is -0.382 e. The Bertz CT molecular complexity index is 1410. The molecule has 176 valence electrons. The molecule has 2 aromatic carbocycles. The number of aliphatic hydroxyl groups excluding tert-OH is 1. The van der Waals surface area contributed by atoms with E-state index in [1.807, 2.05) is 0 Å². The van der Waals surface area contributed by atoms with Crippen molar-refractivity contribution in [1.29, 1.82) is 0 Å². The fourth-order valence-electron chi connectivity index (χ4n) is 3.75. The lowest BCUT2D eigenvalue weighted by molar-refractivity contribution is -0.142. The Balaban J connectivity index is 1.69. The Morgan fingerprint density at radius 2 is 1.91 bits per heavy atom. The Kier molecular flexibility index (Phi) is 5.74. The normalized spacial score (nSPS) is 12.7. The second kappa shape index (κ2) is 8.41. The van der Waals surface area contributed by atoms with Crippen LogP contribution in [0.3, 0.4) is 0 Å². The van der Waals surface area contributed by atoms with Crippen molar-refractivity contribution in [2.75, 3.05) is 11.1 Å². The third-order valence-corrected chi connectivity index (χ3v) is 5.31. The molecule has 4 N–H and O–H groups in total. The van der Waals surface area contributed by atoms with E-state index in [2.05, 4.69) is 15.3 Å². The number of hydrogen-bond acceptors (Lipinski definition) is 5. The SMILES string of the molecule is Cc1cc(NC(=O)[C@H](O)c2cccc(F)c2)ccc1-c1nc(C)n2c(C(F)(F)F)cnc(N)c12. The molecular weight excluding hydrogens is 454 g/mol. The zero-order valence-electron chi connectivity index (χ0n) is 18.0. The van der Waals surface area contributed by atoms with Gasteiger partial charge in [-0.05, 0) is 49.2 Å². The average molecular weight is 473 g/mol. The lowest BCUT2D eigenvalue weighted by Gasteiger charge is -2.14. The summed E-state index contributed by atoms with van der Waals surface area (Å²) in [5.41, 5.74) is 6.63. The number of hydrogen-bond donors (Lipinski definition) is 3. The number of anilines is 2. The molecule has 0 aliphatic heterocycles. The highest BCUT2D eigenvalue weighted by Crippen LogP contribution is 2.36. The average Bonchev–Trinajstić information content (AvgIpc) is 3.10. The van der Waals surface area contributed by atoms with Crippen molar-refractivity contribution in [1.82, 2.24) is 14.4 Å². The highest BCUT2D eigenvalue weighted by molar-refractivity contribution is 5.95. The summed E-state index contributed by atoms with van der Waals surface area (Å²) >= 11 is 0. The number of nitrogens with zero attached hydrogens (tertiary/aromatic N) is 3. The maximum atomic E-state index is 13.5. The Labute approximate surface area is 190 Å². The molecule has 2 aromatic heterocycles. The standard InChI is InChI=1S/C23H19F4N5O2/c1-11-8-15(31-22(34)20(33)13-4-3-5-14(24)9-13)6-7-16(11)18-19-21(28)29-10-17(23(25,26)27)32(19)12(2)30-18/h3-10,20,33H,1-2H3,(H2,28,29)(H,31,34)/t20-/m1/s1. The van der Waals surface area contributed by atoms with Gasteiger partial charge in [0.15, 0.2) is 6.10 Å². The smallest absolute Gasteiger partial charge is 0.382 e. The van der Waals surface area contributed by atoms with Gasteiger partial charge in [-0.1, -0.05) is 18.2 Å². The van der Waals surface area contributed by atoms with Gasteiger partial charge in [-0.15, -0.1) is 0 Å². The van der Waals surface area contributed by atoms with Crippen LogP contribution in [0.25, 0.3) is 16.8 Å². The van der Waals surface area contributed by atoms with Crippen LogP contribution in [0.5, 0.6) is 0 Å². The van der Waals surface area contributed by atoms with Crippen LogP contribution in [0.1, 0.15) is 28.7 Å². The maximum absolute atomic E-state index is 13.5. The minimum absolute atomic E-state index is 0.0220. The summed E-state index contributed by atoms with van der Waals surface area (Å²) in [6.45, 7) is 3.12. The Morgan fingerprint density at radius 3 is 2.56 bits per heavy atom. The van der Waals surface area contributed by atoms with Crippen molar-refractivity contribution in [3.63, 3.8) is 0 Å². The number of benzene rings is 2. The van der Waals surface area contributed by atoms with Gasteiger partial charge in [-0.2, -0.15) is 13.2 Å². The molecule has 0 saturated carbocycles. The number of aliphatic hydroxyl groups is 1. The minimum atomic E-state index is -4.66. The number of rotatable bonds is 4. The van der Waals surface area contributed by atoms with E-state index in [1.165, 1.54) is 31.2 Å². The molecule has 0 bridgehead atoms. The van der Waals surface area contributed by atoms with Crippen molar-refractivity contribution in [2.45, 2.75) is 26.1 Å². The number of aromatic nitrogens is 3. The molecule has 34 heavy (non-hydrogen) atoms. The van der Waals surface area contributed by atoms with Crippen LogP contribution in [0.4, 0.5) is 29.1 Å². The van der Waals surface area contributed by atoms with Crippen molar-refractivity contribution >= 4 is 22.9 Å².